The van der Waals surface area contributed by atoms with E-state index in [4.69, 9.17) is 33.2 Å². The Kier molecular flexibility index (Phi) is 15.0. The van der Waals surface area contributed by atoms with Gasteiger partial charge in [-0.25, -0.2) is 0 Å². The summed E-state index contributed by atoms with van der Waals surface area (Å²) in [5.74, 6) is 1.06. The molecule has 0 aliphatic carbocycles. The number of carboxylic acid groups (broad SMARTS) is 1. The topological polar surface area (TPSA) is 146 Å². The number of ether oxygens (including phenoxy) is 7. The van der Waals surface area contributed by atoms with Gasteiger partial charge in [0, 0.05) is 66.9 Å². The van der Waals surface area contributed by atoms with Crippen molar-refractivity contribution in [2.24, 2.45) is 0 Å². The number of aliphatic carboxylic acids is 1. The van der Waals surface area contributed by atoms with Crippen molar-refractivity contribution in [1.82, 2.24) is 0 Å². The van der Waals surface area contributed by atoms with Crippen LogP contribution in [0.5, 0.6) is 23.0 Å². The number of amides is 2. The van der Waals surface area contributed by atoms with Crippen LogP contribution in [-0.4, -0.2) is 102 Å². The monoisotopic (exact) mass is 939 g/mol. The van der Waals surface area contributed by atoms with E-state index in [0.29, 0.717) is 99.5 Å². The lowest BCUT2D eigenvalue weighted by Crippen LogP contribution is -2.36. The van der Waals surface area contributed by atoms with Gasteiger partial charge in [0.1, 0.15) is 13.2 Å². The largest absolute Gasteiger partial charge is 0.493 e. The van der Waals surface area contributed by atoms with Gasteiger partial charge in [-0.15, -0.1) is 0 Å². The summed E-state index contributed by atoms with van der Waals surface area (Å²) in [6, 6.07) is 30.1. The van der Waals surface area contributed by atoms with Gasteiger partial charge in [-0.2, -0.15) is 0 Å². The average molecular weight is 940 g/mol. The Bertz CT molecular complexity index is 2510. The van der Waals surface area contributed by atoms with Gasteiger partial charge in [0.15, 0.2) is 23.0 Å². The highest BCUT2D eigenvalue weighted by Crippen LogP contribution is 2.43. The predicted octanol–water partition coefficient (Wildman–Crippen LogP) is 8.25. The quantitative estimate of drug-likeness (QED) is 0.0667. The molecular formula is C55H61N3O11. The molecule has 14 nitrogen and oxygen atoms in total. The number of aryl methyl sites for hydroxylation is 2. The van der Waals surface area contributed by atoms with Gasteiger partial charge in [-0.3, -0.25) is 14.4 Å². The summed E-state index contributed by atoms with van der Waals surface area (Å²) in [7, 11) is 4.79. The van der Waals surface area contributed by atoms with Crippen LogP contribution in [0.15, 0.2) is 91.0 Å². The molecule has 0 spiro atoms. The number of benzene rings is 5. The number of nitrogens with zero attached hydrogens (tertiary/aromatic N) is 3. The standard InChI is InChI=1S/C55H61N3O11/c1-63-21-22-67-24-23-66-20-19-56(18-8-13-53(59)60)44-26-36(34-68-51-30-38-14-16-42-28-40-9-4-6-11-47(40)57(42)54(61)45(38)32-49(51)64-2)25-37(27-44)35-69-52-31-39-15-17-43-29-41-10-5-7-12-48(41)58(43)55(62)46(39)33-50(52)65-3/h4-7,9-12,25-27,30-33,42-43H,8,13-24,28-29,34-35H2,1-3H3,(H,59,60)/t42-,43?/m1/s1. The molecule has 0 aromatic heterocycles. The van der Waals surface area contributed by atoms with Crippen LogP contribution in [0, 0.1) is 0 Å². The van der Waals surface area contributed by atoms with Crippen LogP contribution in [0.2, 0.25) is 0 Å². The maximum Gasteiger partial charge on any atom is 0.303 e. The molecule has 9 rings (SSSR count). The summed E-state index contributed by atoms with van der Waals surface area (Å²) in [6.07, 6.45) is 5.18. The molecule has 14 heteroatoms. The lowest BCUT2D eigenvalue weighted by molar-refractivity contribution is -0.137. The fraction of sp³-hybridized carbons (Fsp3) is 0.400. The van der Waals surface area contributed by atoms with E-state index in [1.54, 1.807) is 21.3 Å². The number of carbonyl (C=O) groups excluding carboxylic acids is 2. The Labute approximate surface area is 403 Å². The number of carboxylic acids is 1. The molecule has 2 atom stereocenters. The third-order valence-corrected chi connectivity index (χ3v) is 13.6. The summed E-state index contributed by atoms with van der Waals surface area (Å²) in [6.45, 7) is 3.49. The van der Waals surface area contributed by atoms with Crippen LogP contribution < -0.4 is 33.6 Å². The summed E-state index contributed by atoms with van der Waals surface area (Å²) in [5, 5.41) is 9.57. The molecule has 2 amide bonds. The first-order chi connectivity index (χ1) is 33.7. The first-order valence-corrected chi connectivity index (χ1v) is 24.0. The first kappa shape index (κ1) is 47.5. The van der Waals surface area contributed by atoms with E-state index in [2.05, 4.69) is 17.0 Å². The van der Waals surface area contributed by atoms with E-state index in [0.717, 1.165) is 65.0 Å². The Morgan fingerprint density at radius 1 is 0.609 bits per heavy atom. The minimum Gasteiger partial charge on any atom is -0.493 e. The molecule has 4 aliphatic heterocycles. The maximum atomic E-state index is 14.2. The minimum absolute atomic E-state index is 0.0146. The van der Waals surface area contributed by atoms with Crippen LogP contribution in [-0.2, 0) is 57.9 Å². The third kappa shape index (κ3) is 10.5. The molecule has 0 fully saturated rings. The van der Waals surface area contributed by atoms with Crippen LogP contribution >= 0.6 is 0 Å². The Balaban J connectivity index is 0.980. The van der Waals surface area contributed by atoms with Gasteiger partial charge in [0.05, 0.1) is 47.3 Å². The number of rotatable bonds is 22. The van der Waals surface area contributed by atoms with Crippen molar-refractivity contribution < 1.29 is 52.6 Å². The van der Waals surface area contributed by atoms with E-state index in [1.165, 1.54) is 11.1 Å². The number of hydrogen-bond acceptors (Lipinski definition) is 11. The second-order valence-corrected chi connectivity index (χ2v) is 18.0. The summed E-state index contributed by atoms with van der Waals surface area (Å²) in [5.41, 5.74) is 9.91. The number of fused-ring (bicyclic) bond motifs is 8. The molecule has 5 aromatic carbocycles. The van der Waals surface area contributed by atoms with Crippen molar-refractivity contribution in [1.29, 1.82) is 0 Å². The van der Waals surface area contributed by atoms with Crippen molar-refractivity contribution in [2.75, 3.05) is 82.2 Å². The van der Waals surface area contributed by atoms with E-state index in [1.807, 2.05) is 88.7 Å². The van der Waals surface area contributed by atoms with Gasteiger partial charge in [-0.05, 0) is 133 Å². The first-order valence-electron chi connectivity index (χ1n) is 24.0. The Morgan fingerprint density at radius 2 is 1.12 bits per heavy atom. The van der Waals surface area contributed by atoms with E-state index in [-0.39, 0.29) is 43.5 Å². The van der Waals surface area contributed by atoms with Gasteiger partial charge in [0.2, 0.25) is 0 Å². The highest BCUT2D eigenvalue weighted by Gasteiger charge is 2.39. The normalized spacial score (nSPS) is 16.6. The molecule has 1 N–H and O–H groups in total. The molecule has 1 unspecified atom stereocenters. The second-order valence-electron chi connectivity index (χ2n) is 18.0. The van der Waals surface area contributed by atoms with E-state index >= 15 is 0 Å². The highest BCUT2D eigenvalue weighted by atomic mass is 16.5. The maximum absolute atomic E-state index is 14.2. The lowest BCUT2D eigenvalue weighted by Gasteiger charge is -2.26. The van der Waals surface area contributed by atoms with Crippen LogP contribution in [0.4, 0.5) is 17.1 Å². The molecule has 0 bridgehead atoms. The highest BCUT2D eigenvalue weighted by molar-refractivity contribution is 6.10. The van der Waals surface area contributed by atoms with E-state index in [9.17, 15) is 19.5 Å². The molecule has 4 heterocycles. The van der Waals surface area contributed by atoms with Crippen molar-refractivity contribution >= 4 is 34.8 Å². The number of anilines is 3. The predicted molar refractivity (Wildman–Crippen MR) is 262 cm³/mol. The number of methoxy groups -OCH3 is 3. The third-order valence-electron chi connectivity index (χ3n) is 13.6. The second kappa shape index (κ2) is 21.8. The van der Waals surface area contributed by atoms with Gasteiger partial charge in [-0.1, -0.05) is 36.4 Å². The molecule has 4 aliphatic rings. The van der Waals surface area contributed by atoms with Gasteiger partial charge < -0.3 is 53.0 Å². The van der Waals surface area contributed by atoms with Crippen molar-refractivity contribution in [3.05, 3.63) is 136 Å². The van der Waals surface area contributed by atoms with Gasteiger partial charge >= 0.3 is 5.97 Å². The average Bonchev–Trinajstić information content (AvgIpc) is 3.85. The zero-order valence-corrected chi connectivity index (χ0v) is 39.7. The van der Waals surface area contributed by atoms with Crippen molar-refractivity contribution in [3.63, 3.8) is 0 Å². The van der Waals surface area contributed by atoms with Crippen LogP contribution in [0.1, 0.15) is 79.8 Å². The molecule has 69 heavy (non-hydrogen) atoms. The fourth-order valence-corrected chi connectivity index (χ4v) is 10.2. The fourth-order valence-electron chi connectivity index (χ4n) is 10.2. The number of carbonyl (C=O) groups is 3. The Morgan fingerprint density at radius 3 is 1.62 bits per heavy atom. The molecule has 0 saturated carbocycles. The molecule has 5 aromatic rings. The SMILES string of the molecule is COCCOCCOCCN(CCCC(=O)O)c1cc(COc2cc3c(cc2OC)C(=O)N2c4ccccc4CC2CC3)cc(COc2cc3c(cc2OC)C(=O)N2c4ccccc4C[C@H]2CC3)c1. The van der Waals surface area contributed by atoms with Crippen molar-refractivity contribution in [2.45, 2.75) is 76.7 Å². The summed E-state index contributed by atoms with van der Waals surface area (Å²) >= 11 is 0. The molecule has 0 radical (unpaired) electrons. The molecule has 362 valence electrons. The summed E-state index contributed by atoms with van der Waals surface area (Å²) in [4.78, 5) is 46.0. The van der Waals surface area contributed by atoms with E-state index < -0.39 is 5.97 Å². The number of para-hydroxylation sites is 2. The lowest BCUT2D eigenvalue weighted by atomic mass is 9.99. The minimum atomic E-state index is -0.862. The Hall–Kier alpha value is -6.61. The molecular weight excluding hydrogens is 879 g/mol. The van der Waals surface area contributed by atoms with Crippen LogP contribution in [0.3, 0.4) is 0 Å². The smallest absolute Gasteiger partial charge is 0.303 e. The van der Waals surface area contributed by atoms with Crippen LogP contribution in [0.25, 0.3) is 0 Å². The zero-order valence-electron chi connectivity index (χ0n) is 39.7. The van der Waals surface area contributed by atoms with Crippen molar-refractivity contribution in [3.8, 4) is 23.0 Å². The molecule has 0 saturated heterocycles. The zero-order chi connectivity index (χ0) is 47.9. The summed E-state index contributed by atoms with van der Waals surface area (Å²) < 4.78 is 41.6. The van der Waals surface area contributed by atoms with Gasteiger partial charge in [0.25, 0.3) is 11.8 Å². The number of hydrogen-bond donors (Lipinski definition) is 1.